The first-order chi connectivity index (χ1) is 8.29. The van der Waals surface area contributed by atoms with Crippen LogP contribution in [0, 0.1) is 5.41 Å². The van der Waals surface area contributed by atoms with Crippen molar-refractivity contribution in [2.45, 2.75) is 51.5 Å². The average molecular weight is 241 g/mol. The molecule has 1 aliphatic heterocycles. The molecule has 0 aromatic rings. The highest BCUT2D eigenvalue weighted by molar-refractivity contribution is 4.91. The molecule has 0 atom stereocenters. The van der Waals surface area contributed by atoms with E-state index in [2.05, 4.69) is 11.8 Å². The Hall–Kier alpha value is -0.120. The Morgan fingerprint density at radius 3 is 2.53 bits per heavy atom. The summed E-state index contributed by atoms with van der Waals surface area (Å²) in [6, 6.07) is 0.813. The van der Waals surface area contributed by atoms with E-state index in [1.165, 1.54) is 32.2 Å². The van der Waals surface area contributed by atoms with Crippen molar-refractivity contribution in [1.82, 2.24) is 4.90 Å². The third-order valence-electron chi connectivity index (χ3n) is 4.29. The van der Waals surface area contributed by atoms with Crippen molar-refractivity contribution in [3.8, 4) is 0 Å². The van der Waals surface area contributed by atoms with E-state index in [1.54, 1.807) is 0 Å². The zero-order valence-electron chi connectivity index (χ0n) is 11.2. The second kappa shape index (κ2) is 6.17. The van der Waals surface area contributed by atoms with E-state index >= 15 is 0 Å². The molecule has 1 saturated carbocycles. The van der Waals surface area contributed by atoms with Gasteiger partial charge in [0.2, 0.25) is 0 Å². The number of hydrogen-bond acceptors (Lipinski definition) is 3. The lowest BCUT2D eigenvalue weighted by molar-refractivity contribution is -0.0357. The van der Waals surface area contributed by atoms with Gasteiger partial charge >= 0.3 is 0 Å². The Bertz CT molecular complexity index is 222. The first-order valence-electron chi connectivity index (χ1n) is 7.22. The summed E-state index contributed by atoms with van der Waals surface area (Å²) >= 11 is 0. The van der Waals surface area contributed by atoms with Crippen LogP contribution >= 0.6 is 0 Å². The Kier molecular flexibility index (Phi) is 4.83. The fourth-order valence-electron chi connectivity index (χ4n) is 2.79. The summed E-state index contributed by atoms with van der Waals surface area (Å²) in [5.74, 6) is 0. The van der Waals surface area contributed by atoms with Crippen LogP contribution in [0.15, 0.2) is 0 Å². The quantitative estimate of drug-likeness (QED) is 0.740. The van der Waals surface area contributed by atoms with Crippen molar-refractivity contribution >= 4 is 0 Å². The summed E-state index contributed by atoms with van der Waals surface area (Å²) in [7, 11) is 0. The molecule has 1 aliphatic carbocycles. The van der Waals surface area contributed by atoms with Crippen LogP contribution in [0.5, 0.6) is 0 Å². The number of unbranched alkanes of at least 4 members (excludes halogenated alkanes) is 1. The Balaban J connectivity index is 1.89. The van der Waals surface area contributed by atoms with Crippen molar-refractivity contribution < 1.29 is 9.84 Å². The molecule has 1 heterocycles. The van der Waals surface area contributed by atoms with Crippen molar-refractivity contribution in [1.29, 1.82) is 0 Å². The van der Waals surface area contributed by atoms with Crippen LogP contribution in [0.1, 0.15) is 45.4 Å². The van der Waals surface area contributed by atoms with Gasteiger partial charge in [-0.05, 0) is 38.6 Å². The molecule has 17 heavy (non-hydrogen) atoms. The Labute approximate surface area is 105 Å². The zero-order chi connectivity index (χ0) is 12.1. The van der Waals surface area contributed by atoms with Crippen LogP contribution in [0.3, 0.4) is 0 Å². The van der Waals surface area contributed by atoms with E-state index in [-0.39, 0.29) is 5.41 Å². The molecule has 0 radical (unpaired) electrons. The summed E-state index contributed by atoms with van der Waals surface area (Å²) in [6.45, 7) is 6.52. The third-order valence-corrected chi connectivity index (χ3v) is 4.29. The second-order valence-electron chi connectivity index (χ2n) is 5.83. The highest BCUT2D eigenvalue weighted by atomic mass is 16.5. The molecule has 0 bridgehead atoms. The molecular formula is C14H27NO2. The monoisotopic (exact) mass is 241 g/mol. The number of aliphatic hydroxyl groups excluding tert-OH is 1. The molecule has 2 rings (SSSR count). The third kappa shape index (κ3) is 3.67. The second-order valence-corrected chi connectivity index (χ2v) is 5.83. The fourth-order valence-corrected chi connectivity index (χ4v) is 2.79. The number of aliphatic hydroxyl groups is 1. The molecular weight excluding hydrogens is 214 g/mol. The van der Waals surface area contributed by atoms with E-state index in [1.807, 2.05) is 0 Å². The van der Waals surface area contributed by atoms with Crippen LogP contribution in [-0.4, -0.2) is 49.0 Å². The first kappa shape index (κ1) is 13.3. The van der Waals surface area contributed by atoms with Crippen LogP contribution in [-0.2, 0) is 4.74 Å². The maximum atomic E-state index is 9.74. The average Bonchev–Trinajstić information content (AvgIpc) is 3.20. The van der Waals surface area contributed by atoms with E-state index < -0.39 is 0 Å². The summed E-state index contributed by atoms with van der Waals surface area (Å²) in [4.78, 5) is 2.63. The molecule has 0 amide bonds. The van der Waals surface area contributed by atoms with Gasteiger partial charge in [-0.15, -0.1) is 0 Å². The number of hydrogen-bond donors (Lipinski definition) is 1. The zero-order valence-corrected chi connectivity index (χ0v) is 11.2. The van der Waals surface area contributed by atoms with Gasteiger partial charge in [0.05, 0.1) is 6.61 Å². The molecule has 100 valence electrons. The lowest BCUT2D eigenvalue weighted by atomic mass is 9.80. The summed E-state index contributed by atoms with van der Waals surface area (Å²) in [5, 5.41) is 9.74. The van der Waals surface area contributed by atoms with Crippen molar-refractivity contribution in [2.24, 2.45) is 5.41 Å². The topological polar surface area (TPSA) is 32.7 Å². The Morgan fingerprint density at radius 2 is 2.00 bits per heavy atom. The molecule has 0 unspecified atom stereocenters. The van der Waals surface area contributed by atoms with Crippen LogP contribution in [0.2, 0.25) is 0 Å². The van der Waals surface area contributed by atoms with Crippen LogP contribution in [0.25, 0.3) is 0 Å². The largest absolute Gasteiger partial charge is 0.396 e. The van der Waals surface area contributed by atoms with Crippen molar-refractivity contribution in [3.05, 3.63) is 0 Å². The van der Waals surface area contributed by atoms with Gasteiger partial charge in [-0.2, -0.15) is 0 Å². The van der Waals surface area contributed by atoms with Gasteiger partial charge in [-0.25, -0.2) is 0 Å². The van der Waals surface area contributed by atoms with Gasteiger partial charge in [0.1, 0.15) is 0 Å². The minimum Gasteiger partial charge on any atom is -0.396 e. The number of rotatable bonds is 7. The van der Waals surface area contributed by atoms with Crippen LogP contribution < -0.4 is 0 Å². The van der Waals surface area contributed by atoms with Crippen molar-refractivity contribution in [3.63, 3.8) is 0 Å². The summed E-state index contributed by atoms with van der Waals surface area (Å²) in [5.41, 5.74) is 0.120. The lowest BCUT2D eigenvalue weighted by Gasteiger charge is -2.40. The number of ether oxygens (including phenoxy) is 1. The molecule has 1 N–H and O–H groups in total. The standard InChI is InChI=1S/C14H27NO2/c1-2-3-8-15(13-4-5-13)11-14(12-16)6-9-17-10-7-14/h13,16H,2-12H2,1H3. The van der Waals surface area contributed by atoms with Gasteiger partial charge < -0.3 is 9.84 Å². The summed E-state index contributed by atoms with van der Waals surface area (Å²) in [6.07, 6.45) is 7.33. The van der Waals surface area contributed by atoms with Gasteiger partial charge in [-0.3, -0.25) is 4.90 Å². The lowest BCUT2D eigenvalue weighted by Crippen LogP contribution is -2.45. The predicted octanol–water partition coefficient (Wildman–Crippen LogP) is 2.04. The van der Waals surface area contributed by atoms with Crippen molar-refractivity contribution in [2.75, 3.05) is 32.9 Å². The highest BCUT2D eigenvalue weighted by Crippen LogP contribution is 2.35. The Morgan fingerprint density at radius 1 is 1.29 bits per heavy atom. The summed E-state index contributed by atoms with van der Waals surface area (Å²) < 4.78 is 5.44. The maximum absolute atomic E-state index is 9.74. The molecule has 2 fully saturated rings. The van der Waals surface area contributed by atoms with Gasteiger partial charge in [-0.1, -0.05) is 13.3 Å². The normalized spacial score (nSPS) is 24.2. The van der Waals surface area contributed by atoms with Gasteiger partial charge in [0.15, 0.2) is 0 Å². The smallest absolute Gasteiger partial charge is 0.0501 e. The molecule has 0 spiro atoms. The molecule has 0 aromatic carbocycles. The number of nitrogens with zero attached hydrogens (tertiary/aromatic N) is 1. The van der Waals surface area contributed by atoms with Gasteiger partial charge in [0.25, 0.3) is 0 Å². The fraction of sp³-hybridized carbons (Fsp3) is 1.00. The maximum Gasteiger partial charge on any atom is 0.0501 e. The molecule has 2 aliphatic rings. The molecule has 3 nitrogen and oxygen atoms in total. The highest BCUT2D eigenvalue weighted by Gasteiger charge is 2.38. The van der Waals surface area contributed by atoms with E-state index in [0.29, 0.717) is 6.61 Å². The van der Waals surface area contributed by atoms with Gasteiger partial charge in [0, 0.05) is 31.2 Å². The van der Waals surface area contributed by atoms with E-state index in [9.17, 15) is 5.11 Å². The van der Waals surface area contributed by atoms with E-state index in [0.717, 1.165) is 38.6 Å². The minimum atomic E-state index is 0.120. The molecule has 0 aromatic heterocycles. The predicted molar refractivity (Wildman–Crippen MR) is 69.1 cm³/mol. The van der Waals surface area contributed by atoms with Crippen LogP contribution in [0.4, 0.5) is 0 Å². The minimum absolute atomic E-state index is 0.120. The molecule has 1 saturated heterocycles. The molecule has 3 heteroatoms. The SMILES string of the molecule is CCCCN(CC1(CO)CCOCC1)C1CC1. The first-order valence-corrected chi connectivity index (χ1v) is 7.22. The van der Waals surface area contributed by atoms with E-state index in [4.69, 9.17) is 4.74 Å².